The monoisotopic (exact) mass is 325 g/mol. The molecule has 0 spiro atoms. The molecule has 0 N–H and O–H groups in total. The summed E-state index contributed by atoms with van der Waals surface area (Å²) in [6, 6.07) is 4.12. The van der Waals surface area contributed by atoms with Gasteiger partial charge in [0.1, 0.15) is 0 Å². The lowest BCUT2D eigenvalue weighted by Gasteiger charge is -2.46. The largest absolute Gasteiger partial charge is 0.375 e. The van der Waals surface area contributed by atoms with E-state index in [1.54, 1.807) is 17.4 Å². The zero-order chi connectivity index (χ0) is 15.6. The van der Waals surface area contributed by atoms with Gasteiger partial charge in [0.2, 0.25) is 10.0 Å². The van der Waals surface area contributed by atoms with Crippen LogP contribution in [-0.4, -0.2) is 66.7 Å². The van der Waals surface area contributed by atoms with Gasteiger partial charge in [-0.05, 0) is 25.0 Å². The highest BCUT2D eigenvalue weighted by atomic mass is 32.2. The van der Waals surface area contributed by atoms with Crippen molar-refractivity contribution in [2.24, 2.45) is 0 Å². The molecule has 2 atom stereocenters. The first-order valence-electron chi connectivity index (χ1n) is 7.82. The van der Waals surface area contributed by atoms with E-state index >= 15 is 0 Å². The Morgan fingerprint density at radius 1 is 1.41 bits per heavy atom. The van der Waals surface area contributed by atoms with Crippen LogP contribution in [0.4, 0.5) is 0 Å². The zero-order valence-corrected chi connectivity index (χ0v) is 13.7. The van der Waals surface area contributed by atoms with Crippen molar-refractivity contribution in [3.05, 3.63) is 30.1 Å². The molecule has 22 heavy (non-hydrogen) atoms. The third-order valence-electron chi connectivity index (χ3n) is 4.53. The number of hydrogen-bond acceptors (Lipinski definition) is 5. The van der Waals surface area contributed by atoms with Crippen molar-refractivity contribution in [3.63, 3.8) is 0 Å². The number of nitrogens with zero attached hydrogens (tertiary/aromatic N) is 3. The normalized spacial score (nSPS) is 27.5. The van der Waals surface area contributed by atoms with Crippen LogP contribution < -0.4 is 0 Å². The minimum Gasteiger partial charge on any atom is -0.375 e. The van der Waals surface area contributed by atoms with Crippen molar-refractivity contribution >= 4 is 10.0 Å². The third kappa shape index (κ3) is 3.32. The van der Waals surface area contributed by atoms with Crippen LogP contribution in [-0.2, 0) is 21.3 Å². The third-order valence-corrected chi connectivity index (χ3v) is 6.38. The highest BCUT2D eigenvalue weighted by Crippen LogP contribution is 2.26. The van der Waals surface area contributed by atoms with Crippen LogP contribution in [0, 0.1) is 0 Å². The average molecular weight is 325 g/mol. The highest BCUT2D eigenvalue weighted by molar-refractivity contribution is 7.89. The molecule has 2 saturated heterocycles. The van der Waals surface area contributed by atoms with Gasteiger partial charge in [-0.2, -0.15) is 0 Å². The molecule has 1 aromatic rings. The summed E-state index contributed by atoms with van der Waals surface area (Å²) < 4.78 is 31.8. The van der Waals surface area contributed by atoms with E-state index in [0.717, 1.165) is 25.1 Å². The van der Waals surface area contributed by atoms with Gasteiger partial charge in [-0.3, -0.25) is 9.88 Å². The Labute approximate surface area is 132 Å². The lowest BCUT2D eigenvalue weighted by molar-refractivity contribution is -0.0959. The quantitative estimate of drug-likeness (QED) is 0.816. The van der Waals surface area contributed by atoms with Crippen LogP contribution in [0.2, 0.25) is 0 Å². The molecule has 0 bridgehead atoms. The van der Waals surface area contributed by atoms with Crippen molar-refractivity contribution in [3.8, 4) is 0 Å². The summed E-state index contributed by atoms with van der Waals surface area (Å²) in [4.78, 5) is 6.49. The Bertz CT molecular complexity index is 593. The molecule has 0 radical (unpaired) electrons. The minimum atomic E-state index is -3.13. The van der Waals surface area contributed by atoms with Crippen LogP contribution in [0.15, 0.2) is 24.5 Å². The fourth-order valence-electron chi connectivity index (χ4n) is 3.27. The van der Waals surface area contributed by atoms with Crippen LogP contribution in [0.25, 0.3) is 0 Å². The van der Waals surface area contributed by atoms with Crippen LogP contribution >= 0.6 is 0 Å². The van der Waals surface area contributed by atoms with E-state index < -0.39 is 10.0 Å². The lowest BCUT2D eigenvalue weighted by atomic mass is 10.00. The molecule has 0 saturated carbocycles. The number of hydrogen-bond donors (Lipinski definition) is 0. The van der Waals surface area contributed by atoms with Crippen molar-refractivity contribution < 1.29 is 13.2 Å². The van der Waals surface area contributed by atoms with Crippen molar-refractivity contribution in [1.82, 2.24) is 14.2 Å². The number of sulfonamides is 1. The van der Waals surface area contributed by atoms with Gasteiger partial charge in [0.15, 0.2) is 0 Å². The predicted molar refractivity (Wildman–Crippen MR) is 83.8 cm³/mol. The summed E-state index contributed by atoms with van der Waals surface area (Å²) in [6.45, 7) is 5.13. The molecule has 0 amide bonds. The molecule has 3 heterocycles. The summed E-state index contributed by atoms with van der Waals surface area (Å²) in [7, 11) is -3.13. The van der Waals surface area contributed by atoms with Gasteiger partial charge in [-0.25, -0.2) is 12.7 Å². The zero-order valence-electron chi connectivity index (χ0n) is 12.9. The maximum absolute atomic E-state index is 12.2. The average Bonchev–Trinajstić information content (AvgIpc) is 2.56. The van der Waals surface area contributed by atoms with E-state index in [-0.39, 0.29) is 17.9 Å². The van der Waals surface area contributed by atoms with E-state index in [2.05, 4.69) is 16.0 Å². The number of pyridine rings is 1. The molecule has 122 valence electrons. The van der Waals surface area contributed by atoms with E-state index in [1.807, 2.05) is 12.3 Å². The fourth-order valence-corrected chi connectivity index (χ4v) is 4.40. The first-order chi connectivity index (χ1) is 10.6. The summed E-state index contributed by atoms with van der Waals surface area (Å²) >= 11 is 0. The van der Waals surface area contributed by atoms with Gasteiger partial charge in [0.25, 0.3) is 0 Å². The van der Waals surface area contributed by atoms with Crippen LogP contribution in [0.3, 0.4) is 0 Å². The topological polar surface area (TPSA) is 62.7 Å². The molecule has 3 rings (SSSR count). The second kappa shape index (κ2) is 6.62. The van der Waals surface area contributed by atoms with Gasteiger partial charge < -0.3 is 4.74 Å². The number of fused-ring (bicyclic) bond motifs is 1. The second-order valence-corrected chi connectivity index (χ2v) is 8.11. The summed E-state index contributed by atoms with van der Waals surface area (Å²) in [5.74, 6) is 0.161. The Balaban J connectivity index is 1.74. The Morgan fingerprint density at radius 3 is 3.00 bits per heavy atom. The first kappa shape index (κ1) is 15.9. The summed E-state index contributed by atoms with van der Waals surface area (Å²) in [5, 5.41) is 0. The number of ether oxygens (including phenoxy) is 1. The molecular weight excluding hydrogens is 302 g/mol. The van der Waals surface area contributed by atoms with Gasteiger partial charge >= 0.3 is 0 Å². The Hall–Kier alpha value is -1.02. The lowest BCUT2D eigenvalue weighted by Crippen LogP contribution is -2.60. The summed E-state index contributed by atoms with van der Waals surface area (Å²) in [5.41, 5.74) is 1.15. The molecule has 2 aliphatic heterocycles. The molecule has 0 aliphatic carbocycles. The van der Waals surface area contributed by atoms with Gasteiger partial charge in [0, 0.05) is 38.6 Å². The SMILES string of the molecule is CCS(=O)(=O)N1CC[C@@H]2OCCN(Cc3cccnc3)[C@H]2C1. The molecule has 2 aliphatic rings. The smallest absolute Gasteiger partial charge is 0.213 e. The maximum Gasteiger partial charge on any atom is 0.213 e. The van der Waals surface area contributed by atoms with Crippen molar-refractivity contribution in [2.45, 2.75) is 32.0 Å². The summed E-state index contributed by atoms with van der Waals surface area (Å²) in [6.07, 6.45) is 4.54. The number of piperidine rings is 1. The molecule has 0 unspecified atom stereocenters. The van der Waals surface area contributed by atoms with E-state index in [9.17, 15) is 8.42 Å². The van der Waals surface area contributed by atoms with Gasteiger partial charge in [-0.1, -0.05) is 6.07 Å². The fraction of sp³-hybridized carbons (Fsp3) is 0.667. The molecule has 2 fully saturated rings. The van der Waals surface area contributed by atoms with Crippen LogP contribution in [0.1, 0.15) is 18.9 Å². The van der Waals surface area contributed by atoms with E-state index in [0.29, 0.717) is 19.7 Å². The molecule has 7 heteroatoms. The molecule has 6 nitrogen and oxygen atoms in total. The number of rotatable bonds is 4. The number of aromatic nitrogens is 1. The predicted octanol–water partition coefficient (Wildman–Crippen LogP) is 0.706. The molecule has 0 aromatic carbocycles. The molecular formula is C15H23N3O3S. The second-order valence-electron chi connectivity index (χ2n) is 5.86. The van der Waals surface area contributed by atoms with Crippen molar-refractivity contribution in [1.29, 1.82) is 0 Å². The highest BCUT2D eigenvalue weighted by Gasteiger charge is 2.39. The first-order valence-corrected chi connectivity index (χ1v) is 9.43. The molecule has 1 aromatic heterocycles. The van der Waals surface area contributed by atoms with E-state index in [1.165, 1.54) is 0 Å². The standard InChI is InChI=1S/C15H23N3O3S/c1-2-22(19,20)18-7-5-15-14(12-18)17(8-9-21-15)11-13-4-3-6-16-10-13/h3-4,6,10,14-15H,2,5,7-9,11-12H2,1H3/t14-,15-/m0/s1. The van der Waals surface area contributed by atoms with Gasteiger partial charge in [-0.15, -0.1) is 0 Å². The number of morpholine rings is 1. The van der Waals surface area contributed by atoms with Crippen LogP contribution in [0.5, 0.6) is 0 Å². The van der Waals surface area contributed by atoms with Crippen molar-refractivity contribution in [2.75, 3.05) is 32.0 Å². The van der Waals surface area contributed by atoms with Gasteiger partial charge in [0.05, 0.1) is 24.5 Å². The van der Waals surface area contributed by atoms with E-state index in [4.69, 9.17) is 4.74 Å². The maximum atomic E-state index is 12.2. The minimum absolute atomic E-state index is 0.129. The Kier molecular flexibility index (Phi) is 4.77. The Morgan fingerprint density at radius 2 is 2.27 bits per heavy atom.